The van der Waals surface area contributed by atoms with E-state index in [1.807, 2.05) is 0 Å². The Morgan fingerprint density at radius 2 is 1.86 bits per heavy atom. The Morgan fingerprint density at radius 3 is 2.36 bits per heavy atom. The van der Waals surface area contributed by atoms with Gasteiger partial charge in [0.2, 0.25) is 0 Å². The van der Waals surface area contributed by atoms with Crippen molar-refractivity contribution in [2.75, 3.05) is 13.2 Å². The van der Waals surface area contributed by atoms with E-state index in [1.165, 1.54) is 19.1 Å². The molecule has 0 saturated carbocycles. The molecule has 0 amide bonds. The Kier molecular flexibility index (Phi) is 9.16. The van der Waals surface area contributed by atoms with Gasteiger partial charge in [0.1, 0.15) is 11.8 Å². The molecule has 0 radical (unpaired) electrons. The number of aliphatic hydroxyl groups is 1. The van der Waals surface area contributed by atoms with E-state index in [2.05, 4.69) is 5.09 Å². The number of alkyl halides is 3. The Labute approximate surface area is 161 Å². The molecule has 0 aliphatic carbocycles. The molecular formula is C17H23F3NO6P. The lowest BCUT2D eigenvalue weighted by Crippen LogP contribution is -2.36. The number of benzene rings is 1. The number of carbonyl (C=O) groups excluding carboxylic acids is 1. The summed E-state index contributed by atoms with van der Waals surface area (Å²) in [6.07, 6.45) is -4.64. The van der Waals surface area contributed by atoms with E-state index in [0.717, 1.165) is 0 Å². The zero-order chi connectivity index (χ0) is 21.4. The lowest BCUT2D eigenvalue weighted by atomic mass is 10.2. The van der Waals surface area contributed by atoms with E-state index < -0.39 is 50.8 Å². The first-order valence-electron chi connectivity index (χ1n) is 8.31. The van der Waals surface area contributed by atoms with Crippen molar-refractivity contribution in [1.29, 1.82) is 0 Å². The first kappa shape index (κ1) is 24.2. The van der Waals surface area contributed by atoms with Crippen molar-refractivity contribution in [3.05, 3.63) is 42.0 Å². The van der Waals surface area contributed by atoms with Crippen LogP contribution < -0.4 is 9.61 Å². The third kappa shape index (κ3) is 8.43. The maximum atomic E-state index is 13.0. The van der Waals surface area contributed by atoms with Gasteiger partial charge in [0.05, 0.1) is 24.9 Å². The van der Waals surface area contributed by atoms with E-state index in [0.29, 0.717) is 6.08 Å². The summed E-state index contributed by atoms with van der Waals surface area (Å²) in [5.74, 6) is -0.623. The van der Waals surface area contributed by atoms with Crippen LogP contribution in [0.4, 0.5) is 13.2 Å². The number of nitrogens with one attached hydrogen (secondary N) is 1. The fraction of sp³-hybridized carbons (Fsp3) is 0.471. The predicted octanol–water partition coefficient (Wildman–Crippen LogP) is 3.60. The highest BCUT2D eigenvalue weighted by molar-refractivity contribution is 7.52. The summed E-state index contributed by atoms with van der Waals surface area (Å²) in [5.41, 5.74) is -1.26. The van der Waals surface area contributed by atoms with Gasteiger partial charge in [-0.05, 0) is 39.0 Å². The van der Waals surface area contributed by atoms with Gasteiger partial charge >= 0.3 is 19.9 Å². The minimum atomic E-state index is -4.76. The number of carbonyl (C=O) groups is 1. The average Bonchev–Trinajstić information content (AvgIpc) is 2.57. The largest absolute Gasteiger partial charge is 0.462 e. The second-order valence-electron chi connectivity index (χ2n) is 5.92. The second-order valence-corrected chi connectivity index (χ2v) is 7.61. The fourth-order valence-electron chi connectivity index (χ4n) is 1.84. The number of esters is 1. The quantitative estimate of drug-likeness (QED) is 0.336. The van der Waals surface area contributed by atoms with Crippen LogP contribution in [0.1, 0.15) is 20.8 Å². The van der Waals surface area contributed by atoms with Gasteiger partial charge in [-0.2, -0.15) is 18.3 Å². The van der Waals surface area contributed by atoms with Gasteiger partial charge in [-0.3, -0.25) is 9.32 Å². The molecule has 0 fully saturated rings. The van der Waals surface area contributed by atoms with Crippen LogP contribution in [0.15, 0.2) is 42.0 Å². The summed E-state index contributed by atoms with van der Waals surface area (Å²) in [4.78, 5) is 11.9. The van der Waals surface area contributed by atoms with Crippen molar-refractivity contribution in [3.8, 4) is 5.75 Å². The van der Waals surface area contributed by atoms with Crippen LogP contribution in [-0.4, -0.2) is 42.6 Å². The molecule has 7 nitrogen and oxygen atoms in total. The summed E-state index contributed by atoms with van der Waals surface area (Å²) in [6, 6.07) is 6.64. The molecule has 2 N–H and O–H groups in total. The van der Waals surface area contributed by atoms with E-state index in [4.69, 9.17) is 18.9 Å². The van der Waals surface area contributed by atoms with Crippen LogP contribution in [0.25, 0.3) is 0 Å². The first-order valence-corrected chi connectivity index (χ1v) is 9.85. The molecule has 1 aromatic rings. The predicted molar refractivity (Wildman–Crippen MR) is 95.7 cm³/mol. The summed E-state index contributed by atoms with van der Waals surface area (Å²) in [6.45, 7) is 2.55. The lowest BCUT2D eigenvalue weighted by molar-refractivity contribution is -0.149. The number of para-hydroxylation sites is 1. The molecule has 0 bridgehead atoms. The number of ether oxygens (including phenoxy) is 1. The number of hydrogen-bond acceptors (Lipinski definition) is 6. The normalized spacial score (nSPS) is 15.8. The molecule has 11 heteroatoms. The van der Waals surface area contributed by atoms with Crippen LogP contribution in [0, 0.1) is 0 Å². The Bertz CT molecular complexity index is 709. The third-order valence-electron chi connectivity index (χ3n) is 3.13. The zero-order valence-corrected chi connectivity index (χ0v) is 16.5. The summed E-state index contributed by atoms with van der Waals surface area (Å²) < 4.78 is 66.2. The van der Waals surface area contributed by atoms with Gasteiger partial charge in [0, 0.05) is 0 Å². The van der Waals surface area contributed by atoms with Crippen molar-refractivity contribution in [1.82, 2.24) is 5.09 Å². The van der Waals surface area contributed by atoms with Gasteiger partial charge in [-0.1, -0.05) is 18.2 Å². The molecule has 158 valence electrons. The molecule has 2 atom stereocenters. The number of hydrogen-bond donors (Lipinski definition) is 2. The first-order chi connectivity index (χ1) is 13.0. The summed E-state index contributed by atoms with van der Waals surface area (Å²) >= 11 is 0. The summed E-state index contributed by atoms with van der Waals surface area (Å²) in [5, 5.41) is 11.1. The van der Waals surface area contributed by atoms with Crippen molar-refractivity contribution in [2.24, 2.45) is 0 Å². The number of rotatable bonds is 10. The van der Waals surface area contributed by atoms with E-state index >= 15 is 0 Å². The van der Waals surface area contributed by atoms with Crippen LogP contribution in [-0.2, 0) is 18.6 Å². The van der Waals surface area contributed by atoms with E-state index in [1.54, 1.807) is 32.0 Å². The monoisotopic (exact) mass is 425 g/mol. The maximum Gasteiger partial charge on any atom is 0.459 e. The van der Waals surface area contributed by atoms with Crippen LogP contribution in [0.2, 0.25) is 0 Å². The Balaban J connectivity index is 2.96. The maximum absolute atomic E-state index is 13.0. The standard InChI is InChI=1S/C17H23F3NO6P/c1-12(2)26-16(23)13(3)21-28(24,27-15-7-5-4-6-8-15)25-10-9-14(11-22)17(18,19)20/h4-9,12-13,22H,10-11H2,1-3H3,(H,21,24)/b14-9-/t13-,28?/m0/s1. The molecule has 0 aliphatic rings. The highest BCUT2D eigenvalue weighted by Crippen LogP contribution is 2.45. The van der Waals surface area contributed by atoms with E-state index in [-0.39, 0.29) is 5.75 Å². The lowest BCUT2D eigenvalue weighted by Gasteiger charge is -2.23. The van der Waals surface area contributed by atoms with Crippen LogP contribution in [0.3, 0.4) is 0 Å². The highest BCUT2D eigenvalue weighted by Gasteiger charge is 2.35. The molecule has 0 heterocycles. The second kappa shape index (κ2) is 10.6. The molecule has 0 aliphatic heterocycles. The van der Waals surface area contributed by atoms with Crippen molar-refractivity contribution in [2.45, 2.75) is 39.1 Å². The third-order valence-corrected chi connectivity index (χ3v) is 4.78. The molecule has 1 aromatic carbocycles. The van der Waals surface area contributed by atoms with Gasteiger partial charge < -0.3 is 14.4 Å². The molecule has 0 spiro atoms. The fourth-order valence-corrected chi connectivity index (χ4v) is 3.27. The molecule has 1 rings (SSSR count). The summed E-state index contributed by atoms with van der Waals surface area (Å²) in [7, 11) is -4.26. The topological polar surface area (TPSA) is 94.1 Å². The zero-order valence-electron chi connectivity index (χ0n) is 15.6. The SMILES string of the molecule is CC(C)OC(=O)[C@H](C)NP(=O)(OC/C=C(/CO)C(F)(F)F)Oc1ccccc1. The number of halogens is 3. The molecule has 28 heavy (non-hydrogen) atoms. The molecule has 0 aromatic heterocycles. The van der Waals surface area contributed by atoms with Crippen molar-refractivity contribution >= 4 is 13.7 Å². The minimum Gasteiger partial charge on any atom is -0.462 e. The van der Waals surface area contributed by atoms with Crippen molar-refractivity contribution < 1.29 is 41.4 Å². The van der Waals surface area contributed by atoms with Gasteiger partial charge in [0.15, 0.2) is 0 Å². The van der Waals surface area contributed by atoms with Crippen molar-refractivity contribution in [3.63, 3.8) is 0 Å². The van der Waals surface area contributed by atoms with Gasteiger partial charge in [-0.25, -0.2) is 4.57 Å². The van der Waals surface area contributed by atoms with Crippen LogP contribution >= 0.6 is 7.75 Å². The smallest absolute Gasteiger partial charge is 0.459 e. The van der Waals surface area contributed by atoms with Crippen LogP contribution in [0.5, 0.6) is 5.75 Å². The molecule has 0 saturated heterocycles. The highest BCUT2D eigenvalue weighted by atomic mass is 31.2. The average molecular weight is 425 g/mol. The van der Waals surface area contributed by atoms with Gasteiger partial charge in [0.25, 0.3) is 0 Å². The Hall–Kier alpha value is -1.87. The van der Waals surface area contributed by atoms with E-state index in [9.17, 15) is 22.5 Å². The number of aliphatic hydroxyl groups excluding tert-OH is 1. The van der Waals surface area contributed by atoms with Gasteiger partial charge in [-0.15, -0.1) is 0 Å². The minimum absolute atomic E-state index is 0.116. The molecule has 1 unspecified atom stereocenters. The molecular weight excluding hydrogens is 402 g/mol. The Morgan fingerprint density at radius 1 is 1.25 bits per heavy atom.